The summed E-state index contributed by atoms with van der Waals surface area (Å²) in [4.78, 5) is 41.3. The maximum Gasteiger partial charge on any atom is 0.335 e. The summed E-state index contributed by atoms with van der Waals surface area (Å²) in [5, 5.41) is 181. The predicted octanol–water partition coefficient (Wildman–Crippen LogP) is -2.08. The van der Waals surface area contributed by atoms with E-state index in [1.54, 1.807) is 26.0 Å². The lowest BCUT2D eigenvalue weighted by molar-refractivity contribution is -0.411. The first-order valence-electron chi connectivity index (χ1n) is 36.0. The number of allylic oxidation sites excluding steroid dienone is 2. The first kappa shape index (κ1) is 79.9. The number of fused-ring (bicyclic) bond motifs is 4. The van der Waals surface area contributed by atoms with Crippen molar-refractivity contribution in [3.05, 3.63) is 23.8 Å². The fourth-order valence-electron chi connectivity index (χ4n) is 20.5. The van der Waals surface area contributed by atoms with Crippen LogP contribution in [0.2, 0.25) is 0 Å². The van der Waals surface area contributed by atoms with Gasteiger partial charge in [0.2, 0.25) is 0 Å². The van der Waals surface area contributed by atoms with Crippen molar-refractivity contribution in [1.29, 1.82) is 0 Å². The van der Waals surface area contributed by atoms with Crippen molar-refractivity contribution >= 4 is 17.9 Å². The highest BCUT2D eigenvalue weighted by molar-refractivity contribution is 5.88. The van der Waals surface area contributed by atoms with Gasteiger partial charge in [-0.05, 0) is 107 Å². The molecular formula is C70H110O32. The van der Waals surface area contributed by atoms with E-state index in [-0.39, 0.29) is 24.7 Å². The average molecular weight is 1460 g/mol. The van der Waals surface area contributed by atoms with Crippen LogP contribution in [0.3, 0.4) is 0 Å². The van der Waals surface area contributed by atoms with Gasteiger partial charge in [0.05, 0.1) is 49.1 Å². The van der Waals surface area contributed by atoms with Crippen molar-refractivity contribution in [2.75, 3.05) is 19.8 Å². The minimum atomic E-state index is -2.37. The van der Waals surface area contributed by atoms with Crippen LogP contribution in [-0.4, -0.2) is 303 Å². The molecule has 0 aromatic rings. The topological polar surface area (TPSA) is 495 Å². The summed E-state index contributed by atoms with van der Waals surface area (Å²) in [6.07, 6.45) is -44.1. The highest BCUT2D eigenvalue weighted by atomic mass is 16.8. The molecule has 5 aliphatic carbocycles. The summed E-state index contributed by atoms with van der Waals surface area (Å²) >= 11 is 0. The third kappa shape index (κ3) is 13.0. The zero-order valence-corrected chi connectivity index (χ0v) is 59.6. The van der Waals surface area contributed by atoms with Gasteiger partial charge in [-0.2, -0.15) is 0 Å². The number of aliphatic carboxylic acids is 1. The Morgan fingerprint density at radius 1 is 0.569 bits per heavy atom. The van der Waals surface area contributed by atoms with E-state index in [9.17, 15) is 96.1 Å². The Hall–Kier alpha value is -3.15. The summed E-state index contributed by atoms with van der Waals surface area (Å²) < 4.78 is 81.5. The molecular weight excluding hydrogens is 1350 g/mol. The number of carboxylic acids is 1. The van der Waals surface area contributed by atoms with E-state index in [1.807, 2.05) is 34.6 Å². The average Bonchev–Trinajstić information content (AvgIpc) is 1.40. The van der Waals surface area contributed by atoms with E-state index in [2.05, 4.69) is 20.8 Å². The van der Waals surface area contributed by atoms with Gasteiger partial charge in [-0.25, -0.2) is 14.4 Å². The van der Waals surface area contributed by atoms with E-state index >= 15 is 0 Å². The van der Waals surface area contributed by atoms with Crippen LogP contribution in [0, 0.1) is 50.2 Å². The molecule has 0 aromatic heterocycles. The van der Waals surface area contributed by atoms with E-state index in [1.165, 1.54) is 13.0 Å². The molecule has 11 aliphatic rings. The molecule has 582 valence electrons. The van der Waals surface area contributed by atoms with Gasteiger partial charge >= 0.3 is 17.9 Å². The van der Waals surface area contributed by atoms with E-state index < -0.39 is 260 Å². The van der Waals surface area contributed by atoms with Crippen LogP contribution in [0.15, 0.2) is 23.8 Å². The quantitative estimate of drug-likeness (QED) is 0.0375. The molecule has 6 aliphatic heterocycles. The Labute approximate surface area is 591 Å². The van der Waals surface area contributed by atoms with Gasteiger partial charge in [0, 0.05) is 28.4 Å². The standard InChI is InChI=1S/C70H110O32/c1-12-14-15-16-38(75)95-55-54(101-57(88)28(3)13-2)64(5,6)23-35-69-22-18-34-66(9)20-19-37(65(7,8)33(66)17-21-67(34,10)68(69,11)24-36(74)70(35,55)63(89)102-69)94-62-53(100-59-47(84)43(80)41(78)31(25-71)92-59)49(48(85)50(97-62)56(86)87)96-61-52(45(82)42(79)32(26-72)93-61)99-60-51(44(81)39(76)29(4)91-60)98-58-46(83)40(77)30(73)27-90-58/h13,15-16,29-37,39-55,58-63,71-74,76-85,89H,12,14,17-27H2,1-11H3,(H,86,87)/b16-15-,28-13-/t29-,30+,31+,32+,33-,34+,35-,36+,37?,39-,40-,41-,42-,43-,44+,45-,46+,47+,48-,49-,50-,51+,52+,53+,54-,55-,58-,59-,60-,61-,62+,63?,66-,67+,68-,69-,70+/m0/s1. The minimum absolute atomic E-state index is 0.0987. The second kappa shape index (κ2) is 29.7. The van der Waals surface area contributed by atoms with Crippen LogP contribution in [0.25, 0.3) is 0 Å². The second-order valence-electron chi connectivity index (χ2n) is 32.6. The van der Waals surface area contributed by atoms with Gasteiger partial charge in [0.25, 0.3) is 0 Å². The van der Waals surface area contributed by atoms with E-state index in [0.29, 0.717) is 50.5 Å². The lowest BCUT2D eigenvalue weighted by Gasteiger charge is -2.75. The lowest BCUT2D eigenvalue weighted by atomic mass is 9.30. The number of carbonyl (C=O) groups excluding carboxylic acids is 2. The Balaban J connectivity index is 0.911. The number of carbonyl (C=O) groups is 3. The molecule has 11 fully saturated rings. The number of hydrogen-bond acceptors (Lipinski definition) is 31. The molecule has 11 rings (SSSR count). The number of esters is 2. The van der Waals surface area contributed by atoms with Crippen LogP contribution in [0.1, 0.15) is 140 Å². The zero-order valence-electron chi connectivity index (χ0n) is 59.6. The highest BCUT2D eigenvalue weighted by Crippen LogP contribution is 2.82. The molecule has 32 nitrogen and oxygen atoms in total. The Morgan fingerprint density at radius 2 is 1.15 bits per heavy atom. The van der Waals surface area contributed by atoms with Crippen molar-refractivity contribution < 1.29 is 158 Å². The molecule has 37 atom stereocenters. The van der Waals surface area contributed by atoms with Crippen LogP contribution in [-0.2, 0) is 76.0 Å². The molecule has 16 N–H and O–H groups in total. The third-order valence-corrected chi connectivity index (χ3v) is 26.4. The molecule has 32 heteroatoms. The van der Waals surface area contributed by atoms with Gasteiger partial charge in [-0.1, -0.05) is 74.0 Å². The van der Waals surface area contributed by atoms with Crippen molar-refractivity contribution in [3.63, 3.8) is 0 Å². The highest BCUT2D eigenvalue weighted by Gasteiger charge is 2.86. The fraction of sp³-hybridized carbons (Fsp3) is 0.900. The molecule has 0 aromatic carbocycles. The van der Waals surface area contributed by atoms with Crippen molar-refractivity contribution in [2.24, 2.45) is 50.2 Å². The van der Waals surface area contributed by atoms with Crippen molar-refractivity contribution in [3.8, 4) is 0 Å². The maximum absolute atomic E-state index is 14.0. The number of ether oxygens (including phenoxy) is 13. The molecule has 2 bridgehead atoms. The van der Waals surface area contributed by atoms with E-state index in [4.69, 9.17) is 61.6 Å². The second-order valence-corrected chi connectivity index (χ2v) is 32.6. The van der Waals surface area contributed by atoms with Gasteiger partial charge in [0.1, 0.15) is 110 Å². The fourth-order valence-corrected chi connectivity index (χ4v) is 20.5. The summed E-state index contributed by atoms with van der Waals surface area (Å²) in [6, 6.07) is 0. The number of hydrogen-bond donors (Lipinski definition) is 16. The number of carboxylic acid groups (broad SMARTS) is 1. The smallest absolute Gasteiger partial charge is 0.335 e. The van der Waals surface area contributed by atoms with Crippen LogP contribution in [0.5, 0.6) is 0 Å². The Kier molecular flexibility index (Phi) is 23.2. The zero-order chi connectivity index (χ0) is 74.8. The minimum Gasteiger partial charge on any atom is -0.479 e. The monoisotopic (exact) mass is 1460 g/mol. The molecule has 0 radical (unpaired) electrons. The first-order valence-corrected chi connectivity index (χ1v) is 36.0. The summed E-state index contributed by atoms with van der Waals surface area (Å²) in [7, 11) is 0. The summed E-state index contributed by atoms with van der Waals surface area (Å²) in [5.41, 5.74) is -6.26. The third-order valence-electron chi connectivity index (χ3n) is 26.4. The molecule has 5 saturated carbocycles. The Morgan fingerprint density at radius 3 is 1.78 bits per heavy atom. The molecule has 2 unspecified atom stereocenters. The van der Waals surface area contributed by atoms with Gasteiger partial charge in [-0.3, -0.25) is 0 Å². The molecule has 1 spiro atoms. The largest absolute Gasteiger partial charge is 0.479 e. The Bertz CT molecular complexity index is 3030. The van der Waals surface area contributed by atoms with Crippen LogP contribution >= 0.6 is 0 Å². The maximum atomic E-state index is 14.0. The number of aliphatic hydroxyl groups is 15. The number of unbranched alkanes of at least 4 members (excludes halogenated alkanes) is 1. The lowest BCUT2D eigenvalue weighted by Crippen LogP contribution is -2.77. The summed E-state index contributed by atoms with van der Waals surface area (Å²) in [6.45, 7) is 18.5. The van der Waals surface area contributed by atoms with Gasteiger partial charge in [-0.15, -0.1) is 0 Å². The number of rotatable bonds is 19. The summed E-state index contributed by atoms with van der Waals surface area (Å²) in [5.74, 6) is -4.06. The van der Waals surface area contributed by atoms with Crippen molar-refractivity contribution in [2.45, 2.75) is 324 Å². The molecule has 0 amide bonds. The van der Waals surface area contributed by atoms with Crippen LogP contribution in [0.4, 0.5) is 0 Å². The molecule has 102 heavy (non-hydrogen) atoms. The normalized spacial score (nSPS) is 52.1. The van der Waals surface area contributed by atoms with Gasteiger partial charge in [0.15, 0.2) is 49.9 Å². The van der Waals surface area contributed by atoms with Gasteiger partial charge < -0.3 is 143 Å². The van der Waals surface area contributed by atoms with Crippen molar-refractivity contribution in [1.82, 2.24) is 0 Å². The number of aliphatic hydroxyl groups excluding tert-OH is 15. The molecule has 6 saturated heterocycles. The van der Waals surface area contributed by atoms with E-state index in [0.717, 1.165) is 6.42 Å². The first-order chi connectivity index (χ1) is 47.8. The molecule has 6 heterocycles. The predicted molar refractivity (Wildman–Crippen MR) is 343 cm³/mol. The van der Waals surface area contributed by atoms with Crippen LogP contribution < -0.4 is 0 Å². The SMILES string of the molecule is C/C=C(/C)C(=O)O[C@H]1[C@H](OC(=O)/C=C\CCC)[C@]23C(O)O[C@@]4(CC[C@@H]5[C@@]6(C)CCC(O[C@@H]7O[C@H](C(=O)O)[C@@H](O)[C@H](O[C@@H]8O[C@H](CO)[C@H](O)[C@H](O)[C@H]8O[C@@H]8O[C@@H](C)[C@H](O)[C@@H](O)[C@H]8O[C@@H]8OC[C@@H](O)[C@H](O)[C@H]8O)[C@H]7O[C@@H]7O[C@H](CO)[C@H](O)[C@H](O)[C@H]7O)C(C)(C)[C@@H]6CC[C@@]5(C)[C@]4(C)C[C@H]2O)[C@@H]3CC1(C)C.